The summed E-state index contributed by atoms with van der Waals surface area (Å²) in [6.07, 6.45) is -0.975. The second-order valence-corrected chi connectivity index (χ2v) is 6.68. The molecule has 0 spiro atoms. The van der Waals surface area contributed by atoms with E-state index in [2.05, 4.69) is 27.9 Å². The first kappa shape index (κ1) is 18.0. The smallest absolute Gasteiger partial charge is 0.338 e. The van der Waals surface area contributed by atoms with Gasteiger partial charge >= 0.3 is 5.97 Å². The number of rotatable bonds is 4. The van der Waals surface area contributed by atoms with Crippen LogP contribution in [-0.2, 0) is 9.53 Å². The third-order valence-electron chi connectivity index (χ3n) is 2.94. The SMILES string of the molecule is C[C@H](OC(=O)c1ccc(I)cc1)C(=O)Nc1cccc(Cl)c1Cl. The van der Waals surface area contributed by atoms with Crippen LogP contribution in [0.15, 0.2) is 42.5 Å². The molecule has 120 valence electrons. The van der Waals surface area contributed by atoms with E-state index in [9.17, 15) is 9.59 Å². The zero-order valence-electron chi connectivity index (χ0n) is 12.0. The van der Waals surface area contributed by atoms with Crippen LogP contribution in [0.1, 0.15) is 17.3 Å². The van der Waals surface area contributed by atoms with Gasteiger partial charge in [-0.3, -0.25) is 4.79 Å². The van der Waals surface area contributed by atoms with Crippen LogP contribution in [0.2, 0.25) is 10.0 Å². The lowest BCUT2D eigenvalue weighted by molar-refractivity contribution is -0.123. The number of carbonyl (C=O) groups excluding carboxylic acids is 2. The third kappa shape index (κ3) is 4.83. The van der Waals surface area contributed by atoms with Gasteiger partial charge in [-0.25, -0.2) is 4.79 Å². The number of nitrogens with one attached hydrogen (secondary N) is 1. The molecular formula is C16H12Cl2INO3. The Bertz CT molecular complexity index is 735. The van der Waals surface area contributed by atoms with Crippen LogP contribution >= 0.6 is 45.8 Å². The van der Waals surface area contributed by atoms with E-state index in [4.69, 9.17) is 27.9 Å². The number of benzene rings is 2. The molecule has 4 nitrogen and oxygen atoms in total. The topological polar surface area (TPSA) is 55.4 Å². The minimum atomic E-state index is -0.975. The van der Waals surface area contributed by atoms with Gasteiger partial charge in [0, 0.05) is 3.57 Å². The first-order valence-corrected chi connectivity index (χ1v) is 8.43. The standard InChI is InChI=1S/C16H12Cl2INO3/c1-9(23-16(22)10-5-7-11(19)8-6-10)15(21)20-13-4-2-3-12(17)14(13)18/h2-9H,1H3,(H,20,21)/t9-/m0/s1. The van der Waals surface area contributed by atoms with E-state index in [0.29, 0.717) is 16.3 Å². The summed E-state index contributed by atoms with van der Waals surface area (Å²) >= 11 is 14.0. The summed E-state index contributed by atoms with van der Waals surface area (Å²) in [5, 5.41) is 3.14. The van der Waals surface area contributed by atoms with Crippen LogP contribution < -0.4 is 5.32 Å². The lowest BCUT2D eigenvalue weighted by Crippen LogP contribution is -2.30. The number of carbonyl (C=O) groups is 2. The summed E-state index contributed by atoms with van der Waals surface area (Å²) in [6, 6.07) is 11.7. The van der Waals surface area contributed by atoms with Gasteiger partial charge in [0.1, 0.15) is 0 Å². The number of halogens is 3. The van der Waals surface area contributed by atoms with Crippen molar-refractivity contribution in [3.05, 3.63) is 61.6 Å². The monoisotopic (exact) mass is 463 g/mol. The number of amides is 1. The maximum atomic E-state index is 12.1. The van der Waals surface area contributed by atoms with Crippen molar-refractivity contribution in [2.24, 2.45) is 0 Å². The highest BCUT2D eigenvalue weighted by atomic mass is 127. The van der Waals surface area contributed by atoms with E-state index in [1.807, 2.05) is 0 Å². The van der Waals surface area contributed by atoms with Crippen LogP contribution in [0, 0.1) is 3.57 Å². The molecular weight excluding hydrogens is 452 g/mol. The van der Waals surface area contributed by atoms with Crippen molar-refractivity contribution in [1.29, 1.82) is 0 Å². The summed E-state index contributed by atoms with van der Waals surface area (Å²) in [5.74, 6) is -1.06. The van der Waals surface area contributed by atoms with E-state index >= 15 is 0 Å². The van der Waals surface area contributed by atoms with Crippen molar-refractivity contribution in [2.75, 3.05) is 5.32 Å². The Hall–Kier alpha value is -1.31. The molecule has 0 unspecified atom stereocenters. The highest BCUT2D eigenvalue weighted by Gasteiger charge is 2.20. The fourth-order valence-corrected chi connectivity index (χ4v) is 2.41. The molecule has 0 aliphatic heterocycles. The van der Waals surface area contributed by atoms with Gasteiger partial charge in [-0.05, 0) is 65.9 Å². The van der Waals surface area contributed by atoms with Crippen LogP contribution in [0.4, 0.5) is 5.69 Å². The molecule has 0 saturated carbocycles. The first-order chi connectivity index (χ1) is 10.9. The van der Waals surface area contributed by atoms with Crippen LogP contribution in [0.25, 0.3) is 0 Å². The Kier molecular flexibility index (Phi) is 6.26. The van der Waals surface area contributed by atoms with Gasteiger partial charge in [0.15, 0.2) is 6.10 Å². The molecule has 0 fully saturated rings. The molecule has 0 aromatic heterocycles. The van der Waals surface area contributed by atoms with Crippen LogP contribution in [-0.4, -0.2) is 18.0 Å². The van der Waals surface area contributed by atoms with Gasteiger partial charge in [-0.1, -0.05) is 29.3 Å². The molecule has 2 rings (SSSR count). The lowest BCUT2D eigenvalue weighted by atomic mass is 10.2. The van der Waals surface area contributed by atoms with E-state index in [1.165, 1.54) is 6.92 Å². The molecule has 2 aromatic rings. The molecule has 0 bridgehead atoms. The minimum Gasteiger partial charge on any atom is -0.449 e. The zero-order chi connectivity index (χ0) is 17.0. The second-order valence-electron chi connectivity index (χ2n) is 4.65. The molecule has 1 atom stereocenters. The average Bonchev–Trinajstić information content (AvgIpc) is 2.52. The van der Waals surface area contributed by atoms with E-state index in [0.717, 1.165) is 3.57 Å². The maximum absolute atomic E-state index is 12.1. The van der Waals surface area contributed by atoms with Gasteiger partial charge in [-0.15, -0.1) is 0 Å². The summed E-state index contributed by atoms with van der Waals surface area (Å²) in [6.45, 7) is 1.48. The third-order valence-corrected chi connectivity index (χ3v) is 4.48. The van der Waals surface area contributed by atoms with E-state index < -0.39 is 18.0 Å². The number of esters is 1. The fourth-order valence-electron chi connectivity index (χ4n) is 1.70. The minimum absolute atomic E-state index is 0.235. The first-order valence-electron chi connectivity index (χ1n) is 6.60. The highest BCUT2D eigenvalue weighted by Crippen LogP contribution is 2.29. The van der Waals surface area contributed by atoms with Gasteiger partial charge in [0.05, 0.1) is 21.3 Å². The Morgan fingerprint density at radius 2 is 1.78 bits per heavy atom. The normalized spacial score (nSPS) is 11.7. The lowest BCUT2D eigenvalue weighted by Gasteiger charge is -2.14. The predicted octanol–water partition coefficient (Wildman–Crippen LogP) is 4.78. The van der Waals surface area contributed by atoms with Crippen molar-refractivity contribution >= 4 is 63.4 Å². The predicted molar refractivity (Wildman–Crippen MR) is 99.1 cm³/mol. The molecule has 0 saturated heterocycles. The number of hydrogen-bond acceptors (Lipinski definition) is 3. The van der Waals surface area contributed by atoms with Crippen molar-refractivity contribution in [2.45, 2.75) is 13.0 Å². The number of ether oxygens (including phenoxy) is 1. The van der Waals surface area contributed by atoms with E-state index in [1.54, 1.807) is 42.5 Å². The average molecular weight is 464 g/mol. The van der Waals surface area contributed by atoms with Gasteiger partial charge in [0.25, 0.3) is 5.91 Å². The largest absolute Gasteiger partial charge is 0.449 e. The highest BCUT2D eigenvalue weighted by molar-refractivity contribution is 14.1. The summed E-state index contributed by atoms with van der Waals surface area (Å²) in [5.41, 5.74) is 0.743. The molecule has 0 heterocycles. The fraction of sp³-hybridized carbons (Fsp3) is 0.125. The molecule has 7 heteroatoms. The molecule has 0 radical (unpaired) electrons. The van der Waals surface area contributed by atoms with Gasteiger partial charge in [0.2, 0.25) is 0 Å². The second kappa shape index (κ2) is 7.99. The van der Waals surface area contributed by atoms with Crippen molar-refractivity contribution in [3.63, 3.8) is 0 Å². The summed E-state index contributed by atoms with van der Waals surface area (Å²) in [4.78, 5) is 24.1. The van der Waals surface area contributed by atoms with Crippen LogP contribution in [0.3, 0.4) is 0 Å². The van der Waals surface area contributed by atoms with Gasteiger partial charge in [-0.2, -0.15) is 0 Å². The Labute approximate surface area is 157 Å². The van der Waals surface area contributed by atoms with Gasteiger partial charge < -0.3 is 10.1 Å². The number of hydrogen-bond donors (Lipinski definition) is 1. The Balaban J connectivity index is 2.01. The van der Waals surface area contributed by atoms with Crippen molar-refractivity contribution < 1.29 is 14.3 Å². The van der Waals surface area contributed by atoms with Crippen molar-refractivity contribution in [1.82, 2.24) is 0 Å². The van der Waals surface area contributed by atoms with E-state index in [-0.39, 0.29) is 5.02 Å². The molecule has 23 heavy (non-hydrogen) atoms. The molecule has 0 aliphatic carbocycles. The quantitative estimate of drug-likeness (QED) is 0.524. The van der Waals surface area contributed by atoms with Crippen LogP contribution in [0.5, 0.6) is 0 Å². The van der Waals surface area contributed by atoms with Crippen molar-refractivity contribution in [3.8, 4) is 0 Å². The molecule has 1 amide bonds. The zero-order valence-corrected chi connectivity index (χ0v) is 15.6. The number of anilines is 1. The molecule has 2 aromatic carbocycles. The Morgan fingerprint density at radius 1 is 1.13 bits per heavy atom. The summed E-state index contributed by atoms with van der Waals surface area (Å²) in [7, 11) is 0. The maximum Gasteiger partial charge on any atom is 0.338 e. The Morgan fingerprint density at radius 3 is 2.43 bits per heavy atom. The summed E-state index contributed by atoms with van der Waals surface area (Å²) < 4.78 is 6.15. The molecule has 0 aliphatic rings. The molecule has 1 N–H and O–H groups in total.